The van der Waals surface area contributed by atoms with Crippen molar-refractivity contribution in [1.29, 1.82) is 0 Å². The Labute approximate surface area is 91.2 Å². The van der Waals surface area contributed by atoms with Crippen LogP contribution in [0.1, 0.15) is 0 Å². The fourth-order valence-electron chi connectivity index (χ4n) is 1.54. The molecule has 1 aliphatic heterocycles. The lowest BCUT2D eigenvalue weighted by Gasteiger charge is -2.43. The maximum Gasteiger partial charge on any atom is 0.471 e. The average molecular weight is 235 g/mol. The van der Waals surface area contributed by atoms with Crippen LogP contribution in [0.25, 0.3) is 0 Å². The number of amides is 1. The molecule has 0 spiro atoms. The van der Waals surface area contributed by atoms with Crippen molar-refractivity contribution in [3.63, 3.8) is 0 Å². The summed E-state index contributed by atoms with van der Waals surface area (Å²) in [4.78, 5) is 11.9. The minimum Gasteiger partial charge on any atom is -0.376 e. The number of hydrogen-bond acceptors (Lipinski definition) is 2. The third kappa shape index (κ3) is 2.11. The number of rotatable bonds is 2. The molecular weight excluding hydrogens is 223 g/mol. The van der Waals surface area contributed by atoms with Crippen molar-refractivity contribution in [2.45, 2.75) is 11.7 Å². The Bertz CT molecular complexity index is 304. The van der Waals surface area contributed by atoms with Gasteiger partial charge in [0.05, 0.1) is 13.2 Å². The van der Waals surface area contributed by atoms with Gasteiger partial charge in [0.15, 0.2) is 0 Å². The molecule has 6 heteroatoms. The number of morpholine rings is 1. The maximum atomic E-state index is 12.3. The molecule has 0 radical (unpaired) electrons. The van der Waals surface area contributed by atoms with Crippen molar-refractivity contribution in [2.24, 2.45) is 0 Å². The van der Waals surface area contributed by atoms with Crippen molar-refractivity contribution in [2.75, 3.05) is 19.8 Å². The summed E-state index contributed by atoms with van der Waals surface area (Å²) in [5.41, 5.74) is -1.27. The number of alkyl halides is 3. The summed E-state index contributed by atoms with van der Waals surface area (Å²) in [6, 6.07) is 0. The van der Waals surface area contributed by atoms with Crippen LogP contribution in [0.2, 0.25) is 0 Å². The highest BCUT2D eigenvalue weighted by atomic mass is 19.4. The molecule has 3 nitrogen and oxygen atoms in total. The van der Waals surface area contributed by atoms with E-state index in [0.29, 0.717) is 4.90 Å². The Balaban J connectivity index is 3.03. The quantitative estimate of drug-likeness (QED) is 0.679. The maximum absolute atomic E-state index is 12.3. The first kappa shape index (κ1) is 12.8. The predicted molar refractivity (Wildman–Crippen MR) is 51.7 cm³/mol. The highest BCUT2D eigenvalue weighted by Crippen LogP contribution is 2.28. The third-order valence-corrected chi connectivity index (χ3v) is 2.49. The van der Waals surface area contributed by atoms with Crippen LogP contribution in [0, 0.1) is 0 Å². The van der Waals surface area contributed by atoms with Gasteiger partial charge in [-0.1, -0.05) is 12.2 Å². The van der Waals surface area contributed by atoms with Crippen LogP contribution in [-0.2, 0) is 9.53 Å². The average Bonchev–Trinajstić information content (AvgIpc) is 2.26. The van der Waals surface area contributed by atoms with Gasteiger partial charge in [-0.25, -0.2) is 0 Å². The van der Waals surface area contributed by atoms with Crippen LogP contribution >= 0.6 is 0 Å². The first-order valence-corrected chi connectivity index (χ1v) is 4.61. The second-order valence-electron chi connectivity index (χ2n) is 3.41. The molecule has 1 amide bonds. The van der Waals surface area contributed by atoms with E-state index in [9.17, 15) is 18.0 Å². The Morgan fingerprint density at radius 1 is 1.38 bits per heavy atom. The summed E-state index contributed by atoms with van der Waals surface area (Å²) in [7, 11) is 0. The fraction of sp³-hybridized carbons (Fsp3) is 0.500. The lowest BCUT2D eigenvalue weighted by atomic mass is 9.97. The van der Waals surface area contributed by atoms with Crippen LogP contribution in [0.4, 0.5) is 13.2 Å². The number of nitrogens with zero attached hydrogens (tertiary/aromatic N) is 1. The van der Waals surface area contributed by atoms with Gasteiger partial charge in [-0.05, 0) is 0 Å². The van der Waals surface area contributed by atoms with E-state index in [1.165, 1.54) is 12.2 Å². The molecule has 16 heavy (non-hydrogen) atoms. The summed E-state index contributed by atoms with van der Waals surface area (Å²) >= 11 is 0. The lowest BCUT2D eigenvalue weighted by molar-refractivity contribution is -0.194. The SMILES string of the molecule is C=CC1(C=C)COCCN1C(=O)C(F)(F)F. The zero-order valence-corrected chi connectivity index (χ0v) is 8.59. The second-order valence-corrected chi connectivity index (χ2v) is 3.41. The Hall–Kier alpha value is -1.30. The van der Waals surface area contributed by atoms with Crippen molar-refractivity contribution in [3.8, 4) is 0 Å². The summed E-state index contributed by atoms with van der Waals surface area (Å²) < 4.78 is 42.1. The number of hydrogen-bond donors (Lipinski definition) is 0. The molecule has 0 atom stereocenters. The lowest BCUT2D eigenvalue weighted by Crippen LogP contribution is -2.59. The number of ether oxygens (including phenoxy) is 1. The smallest absolute Gasteiger partial charge is 0.376 e. The molecule has 0 aliphatic carbocycles. The van der Waals surface area contributed by atoms with Crippen molar-refractivity contribution >= 4 is 5.91 Å². The molecule has 1 saturated heterocycles. The van der Waals surface area contributed by atoms with Gasteiger partial charge in [0.25, 0.3) is 0 Å². The highest BCUT2D eigenvalue weighted by molar-refractivity contribution is 5.83. The third-order valence-electron chi connectivity index (χ3n) is 2.49. The minimum absolute atomic E-state index is 0.0538. The Morgan fingerprint density at radius 2 is 1.94 bits per heavy atom. The van der Waals surface area contributed by atoms with Crippen molar-refractivity contribution < 1.29 is 22.7 Å². The van der Waals surface area contributed by atoms with E-state index in [0.717, 1.165) is 0 Å². The van der Waals surface area contributed by atoms with E-state index in [1.54, 1.807) is 0 Å². The molecule has 1 rings (SSSR count). The molecule has 90 valence electrons. The molecule has 0 aromatic heterocycles. The van der Waals surface area contributed by atoms with Crippen LogP contribution in [0.15, 0.2) is 25.3 Å². The van der Waals surface area contributed by atoms with Gasteiger partial charge in [0.1, 0.15) is 5.54 Å². The summed E-state index contributed by atoms with van der Waals surface area (Å²) in [5, 5.41) is 0. The van der Waals surface area contributed by atoms with E-state index in [-0.39, 0.29) is 19.8 Å². The van der Waals surface area contributed by atoms with Gasteiger partial charge in [0.2, 0.25) is 0 Å². The van der Waals surface area contributed by atoms with Gasteiger partial charge in [0, 0.05) is 6.54 Å². The molecule has 0 saturated carbocycles. The molecular formula is C10H12F3NO2. The molecule has 1 aliphatic rings. The van der Waals surface area contributed by atoms with Crippen LogP contribution in [0.5, 0.6) is 0 Å². The second kappa shape index (κ2) is 4.29. The number of carbonyl (C=O) groups is 1. The van der Waals surface area contributed by atoms with Gasteiger partial charge >= 0.3 is 12.1 Å². The summed E-state index contributed by atoms with van der Waals surface area (Å²) in [6.07, 6.45) is -2.42. The number of carbonyl (C=O) groups excluding carboxylic acids is 1. The zero-order chi connectivity index (χ0) is 12.4. The molecule has 0 bridgehead atoms. The van der Waals surface area contributed by atoms with Crippen LogP contribution in [-0.4, -0.2) is 42.3 Å². The normalized spacial score (nSPS) is 20.3. The van der Waals surface area contributed by atoms with E-state index in [1.807, 2.05) is 0 Å². The van der Waals surface area contributed by atoms with Crippen LogP contribution in [0.3, 0.4) is 0 Å². The fourth-order valence-corrected chi connectivity index (χ4v) is 1.54. The largest absolute Gasteiger partial charge is 0.471 e. The van der Waals surface area contributed by atoms with E-state index < -0.39 is 17.6 Å². The standard InChI is InChI=1S/C10H12F3NO2/c1-3-9(4-2)7-16-6-5-14(9)8(15)10(11,12)13/h3-4H,1-2,5-7H2. The summed E-state index contributed by atoms with van der Waals surface area (Å²) in [6.45, 7) is 6.75. The monoisotopic (exact) mass is 235 g/mol. The molecule has 0 aromatic carbocycles. The molecule has 0 unspecified atom stereocenters. The Morgan fingerprint density at radius 3 is 2.38 bits per heavy atom. The molecule has 1 heterocycles. The molecule has 0 N–H and O–H groups in total. The minimum atomic E-state index is -4.89. The summed E-state index contributed by atoms with van der Waals surface area (Å²) in [5.74, 6) is -1.89. The van der Waals surface area contributed by atoms with Crippen molar-refractivity contribution in [3.05, 3.63) is 25.3 Å². The molecule has 0 aromatic rings. The van der Waals surface area contributed by atoms with Crippen LogP contribution < -0.4 is 0 Å². The zero-order valence-electron chi connectivity index (χ0n) is 8.59. The highest BCUT2D eigenvalue weighted by Gasteiger charge is 2.49. The van der Waals surface area contributed by atoms with Gasteiger partial charge in [-0.3, -0.25) is 4.79 Å². The van der Waals surface area contributed by atoms with Gasteiger partial charge in [-0.2, -0.15) is 13.2 Å². The first-order valence-electron chi connectivity index (χ1n) is 4.61. The van der Waals surface area contributed by atoms with Gasteiger partial charge in [-0.15, -0.1) is 13.2 Å². The molecule has 1 fully saturated rings. The predicted octanol–water partition coefficient (Wildman–Crippen LogP) is 1.52. The van der Waals surface area contributed by atoms with Crippen molar-refractivity contribution in [1.82, 2.24) is 4.90 Å². The van der Waals surface area contributed by atoms with E-state index in [4.69, 9.17) is 4.74 Å². The van der Waals surface area contributed by atoms with Gasteiger partial charge < -0.3 is 9.64 Å². The Kier molecular flexibility index (Phi) is 3.42. The van der Waals surface area contributed by atoms with E-state index >= 15 is 0 Å². The number of halogens is 3. The topological polar surface area (TPSA) is 29.5 Å². The van der Waals surface area contributed by atoms with E-state index in [2.05, 4.69) is 13.2 Å². The first-order chi connectivity index (χ1) is 7.37.